The molecular formula is C24H25N9O3. The van der Waals surface area contributed by atoms with E-state index in [1.165, 1.54) is 11.6 Å². The monoisotopic (exact) mass is 487 g/mol. The summed E-state index contributed by atoms with van der Waals surface area (Å²) in [7, 11) is 0. The Morgan fingerprint density at radius 3 is 2.86 bits per heavy atom. The number of aromatic nitrogens is 8. The molecule has 1 N–H and O–H groups in total. The van der Waals surface area contributed by atoms with Gasteiger partial charge in [-0.05, 0) is 66.4 Å². The molecule has 4 aromatic rings. The van der Waals surface area contributed by atoms with Gasteiger partial charge in [0.05, 0.1) is 18.3 Å². The number of esters is 1. The van der Waals surface area contributed by atoms with E-state index in [-0.39, 0.29) is 24.3 Å². The van der Waals surface area contributed by atoms with Crippen LogP contribution in [0.2, 0.25) is 0 Å². The topological polar surface area (TPSA) is 143 Å². The summed E-state index contributed by atoms with van der Waals surface area (Å²) in [5.74, 6) is -0.0680. The molecule has 12 heteroatoms. The zero-order valence-corrected chi connectivity index (χ0v) is 20.1. The maximum Gasteiger partial charge on any atom is 0.302 e. The second-order valence-electron chi connectivity index (χ2n) is 8.79. The number of ether oxygens (including phenoxy) is 1. The molecule has 4 heterocycles. The average Bonchev–Trinajstić information content (AvgIpc) is 3.38. The summed E-state index contributed by atoms with van der Waals surface area (Å²) in [4.78, 5) is 33.0. The van der Waals surface area contributed by atoms with E-state index >= 15 is 0 Å². The summed E-state index contributed by atoms with van der Waals surface area (Å²) in [6.07, 6.45) is 7.81. The number of nitrogens with zero attached hydrogens (tertiary/aromatic N) is 8. The number of aryl methyl sites for hydroxylation is 1. The lowest BCUT2D eigenvalue weighted by molar-refractivity contribution is -0.142. The van der Waals surface area contributed by atoms with Crippen molar-refractivity contribution in [2.24, 2.45) is 0 Å². The van der Waals surface area contributed by atoms with Gasteiger partial charge in [-0.25, -0.2) is 9.67 Å². The molecule has 1 fully saturated rings. The lowest BCUT2D eigenvalue weighted by Gasteiger charge is -2.13. The van der Waals surface area contributed by atoms with Gasteiger partial charge in [0.15, 0.2) is 0 Å². The summed E-state index contributed by atoms with van der Waals surface area (Å²) in [6.45, 7) is 5.23. The number of pyridine rings is 2. The number of carbonyl (C=O) groups excluding carboxylic acids is 2. The summed E-state index contributed by atoms with van der Waals surface area (Å²) >= 11 is 0. The van der Waals surface area contributed by atoms with E-state index in [0.717, 1.165) is 29.5 Å². The van der Waals surface area contributed by atoms with Crippen molar-refractivity contribution in [3.63, 3.8) is 0 Å². The summed E-state index contributed by atoms with van der Waals surface area (Å²) in [5, 5.41) is 19.0. The molecule has 0 bridgehead atoms. The molecule has 1 saturated carbocycles. The minimum atomic E-state index is -0.390. The van der Waals surface area contributed by atoms with Crippen LogP contribution in [-0.2, 0) is 9.53 Å². The fourth-order valence-corrected chi connectivity index (χ4v) is 3.75. The second kappa shape index (κ2) is 9.64. The number of carbonyl (C=O) groups is 2. The molecule has 0 unspecified atom stereocenters. The molecule has 1 aliphatic carbocycles. The number of rotatable bonds is 8. The molecule has 36 heavy (non-hydrogen) atoms. The van der Waals surface area contributed by atoms with Crippen LogP contribution in [0, 0.1) is 6.92 Å². The van der Waals surface area contributed by atoms with Crippen LogP contribution in [0.3, 0.4) is 0 Å². The molecule has 0 spiro atoms. The lowest BCUT2D eigenvalue weighted by Crippen LogP contribution is -2.17. The highest BCUT2D eigenvalue weighted by molar-refractivity contribution is 6.03. The standard InChI is InChI=1S/C24H25N9O3/c1-14-10-25-21(9-19(14)17-11-26-32(12-17)18-7-8-18)24(35)28-22-6-4-5-20(27-22)23-29-30-31-33(23)15(2)13-36-16(3)34/h4-6,9-12,15,18H,7-8,13H2,1-3H3,(H,27,28,35)/t15-/m1/s1. The fraction of sp³-hybridized carbons (Fsp3) is 0.333. The van der Waals surface area contributed by atoms with Crippen LogP contribution in [0.4, 0.5) is 5.82 Å². The Morgan fingerprint density at radius 2 is 2.08 bits per heavy atom. The zero-order chi connectivity index (χ0) is 25.2. The molecule has 5 rings (SSSR count). The smallest absolute Gasteiger partial charge is 0.302 e. The molecule has 1 aliphatic rings. The van der Waals surface area contributed by atoms with Crippen LogP contribution < -0.4 is 5.32 Å². The summed E-state index contributed by atoms with van der Waals surface area (Å²) < 4.78 is 8.56. The molecular weight excluding hydrogens is 462 g/mol. The fourth-order valence-electron chi connectivity index (χ4n) is 3.75. The van der Waals surface area contributed by atoms with Crippen molar-refractivity contribution in [3.8, 4) is 22.6 Å². The van der Waals surface area contributed by atoms with E-state index in [1.54, 1.807) is 30.5 Å². The molecule has 12 nitrogen and oxygen atoms in total. The minimum absolute atomic E-state index is 0.116. The lowest BCUT2D eigenvalue weighted by atomic mass is 10.0. The summed E-state index contributed by atoms with van der Waals surface area (Å²) in [5.41, 5.74) is 3.53. The molecule has 0 aromatic carbocycles. The van der Waals surface area contributed by atoms with Crippen LogP contribution in [0.1, 0.15) is 54.8 Å². The SMILES string of the molecule is CC(=O)OC[C@@H](C)n1nnnc1-c1cccc(NC(=O)c2cc(-c3cnn(C4CC4)c3)c(C)cn2)n1. The van der Waals surface area contributed by atoms with Crippen molar-refractivity contribution >= 4 is 17.7 Å². The van der Waals surface area contributed by atoms with Crippen LogP contribution in [0.25, 0.3) is 22.6 Å². The number of nitrogens with one attached hydrogen (secondary N) is 1. The van der Waals surface area contributed by atoms with Gasteiger partial charge in [-0.15, -0.1) is 5.10 Å². The average molecular weight is 488 g/mol. The maximum absolute atomic E-state index is 13.0. The van der Waals surface area contributed by atoms with Crippen LogP contribution in [-0.4, -0.2) is 58.4 Å². The van der Waals surface area contributed by atoms with Gasteiger partial charge >= 0.3 is 5.97 Å². The van der Waals surface area contributed by atoms with E-state index in [0.29, 0.717) is 23.4 Å². The first kappa shape index (κ1) is 23.3. The number of anilines is 1. The molecule has 0 radical (unpaired) electrons. The first-order valence-corrected chi connectivity index (χ1v) is 11.6. The number of hydrogen-bond donors (Lipinski definition) is 1. The quantitative estimate of drug-likeness (QED) is 0.371. The normalized spacial score (nSPS) is 13.9. The predicted octanol–water partition coefficient (Wildman–Crippen LogP) is 3.01. The van der Waals surface area contributed by atoms with Gasteiger partial charge in [0.25, 0.3) is 5.91 Å². The van der Waals surface area contributed by atoms with Gasteiger partial charge in [-0.2, -0.15) is 5.10 Å². The predicted molar refractivity (Wildman–Crippen MR) is 129 cm³/mol. The molecule has 1 atom stereocenters. The van der Waals surface area contributed by atoms with Crippen molar-refractivity contribution in [1.82, 2.24) is 40.0 Å². The number of tetrazole rings is 1. The van der Waals surface area contributed by atoms with Gasteiger partial charge in [-0.3, -0.25) is 19.3 Å². The Hall–Kier alpha value is -4.48. The first-order valence-electron chi connectivity index (χ1n) is 11.6. The van der Waals surface area contributed by atoms with E-state index in [9.17, 15) is 9.59 Å². The molecule has 0 saturated heterocycles. The zero-order valence-electron chi connectivity index (χ0n) is 20.1. The maximum atomic E-state index is 13.0. The van der Waals surface area contributed by atoms with Gasteiger partial charge in [0, 0.05) is 24.9 Å². The molecule has 1 amide bonds. The highest BCUT2D eigenvalue weighted by Gasteiger charge is 2.25. The second-order valence-corrected chi connectivity index (χ2v) is 8.79. The van der Waals surface area contributed by atoms with Gasteiger partial charge in [-0.1, -0.05) is 6.07 Å². The van der Waals surface area contributed by atoms with Crippen LogP contribution >= 0.6 is 0 Å². The third-order valence-electron chi connectivity index (χ3n) is 5.83. The third-order valence-corrected chi connectivity index (χ3v) is 5.83. The van der Waals surface area contributed by atoms with E-state index < -0.39 is 5.91 Å². The van der Waals surface area contributed by atoms with Gasteiger partial charge in [0.1, 0.15) is 23.8 Å². The van der Waals surface area contributed by atoms with Crippen molar-refractivity contribution in [2.45, 2.75) is 45.7 Å². The minimum Gasteiger partial charge on any atom is -0.464 e. The van der Waals surface area contributed by atoms with Crippen molar-refractivity contribution in [3.05, 3.63) is 54.1 Å². The Labute approximate surface area is 206 Å². The largest absolute Gasteiger partial charge is 0.464 e. The van der Waals surface area contributed by atoms with Crippen molar-refractivity contribution < 1.29 is 14.3 Å². The highest BCUT2D eigenvalue weighted by atomic mass is 16.5. The number of amides is 1. The molecule has 184 valence electrons. The number of hydrogen-bond acceptors (Lipinski definition) is 9. The first-order chi connectivity index (χ1) is 17.4. The van der Waals surface area contributed by atoms with Crippen molar-refractivity contribution in [1.29, 1.82) is 0 Å². The van der Waals surface area contributed by atoms with E-state index in [1.807, 2.05) is 30.9 Å². The summed E-state index contributed by atoms with van der Waals surface area (Å²) in [6, 6.07) is 7.09. The Balaban J connectivity index is 1.34. The molecule has 4 aromatic heterocycles. The Morgan fingerprint density at radius 1 is 1.25 bits per heavy atom. The van der Waals surface area contributed by atoms with Gasteiger partial charge < -0.3 is 10.1 Å². The van der Waals surface area contributed by atoms with Crippen LogP contribution in [0.15, 0.2) is 42.9 Å². The van der Waals surface area contributed by atoms with E-state index in [4.69, 9.17) is 4.74 Å². The van der Waals surface area contributed by atoms with Gasteiger partial charge in [0.2, 0.25) is 5.82 Å². The van der Waals surface area contributed by atoms with Crippen molar-refractivity contribution in [2.75, 3.05) is 11.9 Å². The van der Waals surface area contributed by atoms with E-state index in [2.05, 4.69) is 35.9 Å². The van der Waals surface area contributed by atoms with Crippen LogP contribution in [0.5, 0.6) is 0 Å². The third kappa shape index (κ3) is 4.97. The Bertz CT molecular complexity index is 1420. The Kier molecular flexibility index (Phi) is 6.23. The molecule has 0 aliphatic heterocycles. The highest BCUT2D eigenvalue weighted by Crippen LogP contribution is 2.35.